The highest BCUT2D eigenvalue weighted by molar-refractivity contribution is 6.32. The van der Waals surface area contributed by atoms with Gasteiger partial charge in [-0.1, -0.05) is 35.9 Å². The molecule has 0 fully saturated rings. The van der Waals surface area contributed by atoms with Crippen molar-refractivity contribution < 1.29 is 4.79 Å². The highest BCUT2D eigenvalue weighted by Gasteiger charge is 2.13. The van der Waals surface area contributed by atoms with E-state index >= 15 is 0 Å². The van der Waals surface area contributed by atoms with E-state index in [4.69, 9.17) is 17.3 Å². The van der Waals surface area contributed by atoms with Gasteiger partial charge in [-0.25, -0.2) is 4.68 Å². The summed E-state index contributed by atoms with van der Waals surface area (Å²) in [6.07, 6.45) is 2.49. The third-order valence-corrected chi connectivity index (χ3v) is 4.21. The smallest absolute Gasteiger partial charge is 0.155 e. The highest BCUT2D eigenvalue weighted by atomic mass is 35.5. The minimum Gasteiger partial charge on any atom is -0.398 e. The number of pyridine rings is 1. The second kappa shape index (κ2) is 7.80. The fraction of sp³-hybridized carbons (Fsp3) is 0.0500. The minimum atomic E-state index is 0.355. The van der Waals surface area contributed by atoms with Crippen LogP contribution in [0.3, 0.4) is 0 Å². The summed E-state index contributed by atoms with van der Waals surface area (Å²) in [7, 11) is 0. The average Bonchev–Trinajstić information content (AvgIpc) is 2.97. The van der Waals surface area contributed by atoms with Crippen LogP contribution in [0.2, 0.25) is 5.15 Å². The zero-order valence-corrected chi connectivity index (χ0v) is 14.9. The molecule has 0 spiro atoms. The van der Waals surface area contributed by atoms with Gasteiger partial charge >= 0.3 is 0 Å². The number of nitrogens with zero attached hydrogens (tertiary/aromatic N) is 3. The molecule has 0 atom stereocenters. The molecule has 0 aliphatic rings. The van der Waals surface area contributed by atoms with Crippen LogP contribution >= 0.6 is 11.6 Å². The Morgan fingerprint density at radius 1 is 1.04 bits per heavy atom. The number of fused-ring (bicyclic) bond motifs is 1. The molecule has 2 aromatic carbocycles. The van der Waals surface area contributed by atoms with Crippen molar-refractivity contribution in [2.45, 2.75) is 6.92 Å². The molecule has 2 N–H and O–H groups in total. The van der Waals surface area contributed by atoms with Crippen LogP contribution in [0.4, 0.5) is 5.69 Å². The molecule has 2 heterocycles. The first-order valence-electron chi connectivity index (χ1n) is 7.96. The Balaban J connectivity index is 0.000000158. The van der Waals surface area contributed by atoms with E-state index < -0.39 is 0 Å². The molecular weight excluding hydrogens is 348 g/mol. The zero-order chi connectivity index (χ0) is 18.5. The van der Waals surface area contributed by atoms with Gasteiger partial charge in [-0.05, 0) is 43.3 Å². The number of para-hydroxylation sites is 1. The van der Waals surface area contributed by atoms with E-state index in [1.54, 1.807) is 17.8 Å². The number of anilines is 1. The van der Waals surface area contributed by atoms with Crippen LogP contribution in [0.15, 0.2) is 66.9 Å². The van der Waals surface area contributed by atoms with E-state index in [1.807, 2.05) is 60.7 Å². The summed E-state index contributed by atoms with van der Waals surface area (Å²) < 4.78 is 1.56. The van der Waals surface area contributed by atoms with Crippen molar-refractivity contribution >= 4 is 34.5 Å². The number of nitrogen functional groups attached to an aromatic ring is 1. The topological polar surface area (TPSA) is 73.8 Å². The molecule has 4 aromatic rings. The first kappa shape index (κ1) is 17.6. The molecular formula is C20H17ClN4O. The SMILES string of the molecule is Cc1nn(-c2ccccc2)c(Cl)c1C=O.Nc1cccc2ncccc12. The summed E-state index contributed by atoms with van der Waals surface area (Å²) in [6, 6.07) is 19.1. The first-order chi connectivity index (χ1) is 12.6. The fourth-order valence-corrected chi connectivity index (χ4v) is 2.83. The van der Waals surface area contributed by atoms with Gasteiger partial charge in [0.25, 0.3) is 0 Å². The Morgan fingerprint density at radius 3 is 2.46 bits per heavy atom. The number of rotatable bonds is 2. The van der Waals surface area contributed by atoms with Crippen molar-refractivity contribution in [2.75, 3.05) is 5.73 Å². The predicted molar refractivity (Wildman–Crippen MR) is 105 cm³/mol. The Hall–Kier alpha value is -3.18. The van der Waals surface area contributed by atoms with Gasteiger partial charge in [0.15, 0.2) is 6.29 Å². The van der Waals surface area contributed by atoms with Gasteiger partial charge in [-0.3, -0.25) is 9.78 Å². The standard InChI is InChI=1S/C11H9ClN2O.C9H8N2/c1-8-10(7-15)11(12)14(13-8)9-5-3-2-4-6-9;10-8-4-1-5-9-7(8)3-2-6-11-9/h2-7H,1H3;1-6H,10H2. The maximum absolute atomic E-state index is 10.8. The highest BCUT2D eigenvalue weighted by Crippen LogP contribution is 2.21. The van der Waals surface area contributed by atoms with Gasteiger partial charge in [-0.2, -0.15) is 5.10 Å². The molecule has 5 nitrogen and oxygen atoms in total. The number of aldehydes is 1. The molecule has 26 heavy (non-hydrogen) atoms. The average molecular weight is 365 g/mol. The van der Waals surface area contributed by atoms with Gasteiger partial charge < -0.3 is 5.73 Å². The molecule has 130 valence electrons. The summed E-state index contributed by atoms with van der Waals surface area (Å²) in [5.41, 5.74) is 9.38. The van der Waals surface area contributed by atoms with Gasteiger partial charge in [-0.15, -0.1) is 0 Å². The molecule has 0 saturated carbocycles. The molecule has 6 heteroatoms. The Morgan fingerprint density at radius 2 is 1.81 bits per heavy atom. The summed E-state index contributed by atoms with van der Waals surface area (Å²) in [6.45, 7) is 1.76. The number of halogens is 1. The van der Waals surface area contributed by atoms with Crippen LogP contribution in [0, 0.1) is 6.92 Å². The number of benzene rings is 2. The predicted octanol–water partition coefficient (Wildman–Crippen LogP) is 4.46. The van der Waals surface area contributed by atoms with Crippen LogP contribution in [0.25, 0.3) is 16.6 Å². The van der Waals surface area contributed by atoms with E-state index in [1.165, 1.54) is 0 Å². The number of hydrogen-bond acceptors (Lipinski definition) is 4. The maximum Gasteiger partial charge on any atom is 0.155 e. The molecule has 0 amide bonds. The van der Waals surface area contributed by atoms with Crippen LogP contribution in [-0.4, -0.2) is 21.1 Å². The number of carbonyl (C=O) groups excluding carboxylic acids is 1. The van der Waals surface area contributed by atoms with Crippen molar-refractivity contribution in [2.24, 2.45) is 0 Å². The molecule has 4 rings (SSSR count). The minimum absolute atomic E-state index is 0.355. The Labute approximate surface area is 156 Å². The van der Waals surface area contributed by atoms with Gasteiger partial charge in [0.2, 0.25) is 0 Å². The number of aromatic nitrogens is 3. The summed E-state index contributed by atoms with van der Waals surface area (Å²) in [5.74, 6) is 0. The second-order valence-corrected chi connectivity index (χ2v) is 5.93. The van der Waals surface area contributed by atoms with E-state index in [0.29, 0.717) is 16.4 Å². The largest absolute Gasteiger partial charge is 0.398 e. The number of nitrogens with two attached hydrogens (primary N) is 1. The van der Waals surface area contributed by atoms with Crippen LogP contribution in [0.1, 0.15) is 16.1 Å². The molecule has 0 bridgehead atoms. The lowest BCUT2D eigenvalue weighted by molar-refractivity contribution is 0.112. The van der Waals surface area contributed by atoms with Gasteiger partial charge in [0.1, 0.15) is 5.15 Å². The van der Waals surface area contributed by atoms with Gasteiger partial charge in [0, 0.05) is 17.3 Å². The monoisotopic (exact) mass is 364 g/mol. The summed E-state index contributed by atoms with van der Waals surface area (Å²) in [5, 5.41) is 5.58. The van der Waals surface area contributed by atoms with Crippen LogP contribution in [-0.2, 0) is 0 Å². The number of carbonyl (C=O) groups is 1. The van der Waals surface area contributed by atoms with Crippen LogP contribution < -0.4 is 5.73 Å². The third kappa shape index (κ3) is 3.58. The fourth-order valence-electron chi connectivity index (χ4n) is 2.51. The van der Waals surface area contributed by atoms with Crippen molar-refractivity contribution in [1.29, 1.82) is 0 Å². The van der Waals surface area contributed by atoms with E-state index in [2.05, 4.69) is 10.1 Å². The Kier molecular flexibility index (Phi) is 5.29. The Bertz CT molecular complexity index is 1040. The molecule has 0 aliphatic carbocycles. The molecule has 0 saturated heterocycles. The molecule has 0 unspecified atom stereocenters. The van der Waals surface area contributed by atoms with Gasteiger partial charge in [0.05, 0.1) is 22.5 Å². The first-order valence-corrected chi connectivity index (χ1v) is 8.34. The summed E-state index contributed by atoms with van der Waals surface area (Å²) >= 11 is 6.03. The molecule has 0 aliphatic heterocycles. The van der Waals surface area contributed by atoms with E-state index in [-0.39, 0.29) is 0 Å². The van der Waals surface area contributed by atoms with E-state index in [0.717, 1.165) is 28.6 Å². The number of aryl methyl sites for hydroxylation is 1. The second-order valence-electron chi connectivity index (χ2n) is 5.57. The van der Waals surface area contributed by atoms with Crippen molar-refractivity contribution in [1.82, 2.24) is 14.8 Å². The normalized spacial score (nSPS) is 10.2. The lowest BCUT2D eigenvalue weighted by Crippen LogP contribution is -1.95. The van der Waals surface area contributed by atoms with Crippen LogP contribution in [0.5, 0.6) is 0 Å². The maximum atomic E-state index is 10.8. The molecule has 2 aromatic heterocycles. The lowest BCUT2D eigenvalue weighted by atomic mass is 10.2. The molecule has 0 radical (unpaired) electrons. The quantitative estimate of drug-likeness (QED) is 0.421. The zero-order valence-electron chi connectivity index (χ0n) is 14.1. The number of hydrogen-bond donors (Lipinski definition) is 1. The lowest BCUT2D eigenvalue weighted by Gasteiger charge is -2.01. The van der Waals surface area contributed by atoms with Crippen molar-refractivity contribution in [3.8, 4) is 5.69 Å². The van der Waals surface area contributed by atoms with E-state index in [9.17, 15) is 4.79 Å². The van der Waals surface area contributed by atoms with Crippen molar-refractivity contribution in [3.05, 3.63) is 83.3 Å². The summed E-state index contributed by atoms with van der Waals surface area (Å²) in [4.78, 5) is 14.9. The van der Waals surface area contributed by atoms with Crippen molar-refractivity contribution in [3.63, 3.8) is 0 Å². The third-order valence-electron chi connectivity index (χ3n) is 3.85.